The van der Waals surface area contributed by atoms with Gasteiger partial charge in [0.15, 0.2) is 10.4 Å². The Hall–Kier alpha value is -2.45. The van der Waals surface area contributed by atoms with Crippen molar-refractivity contribution >= 4 is 34.7 Å². The first-order chi connectivity index (χ1) is 12.0. The second-order valence-corrected chi connectivity index (χ2v) is 5.93. The first-order valence-electron chi connectivity index (χ1n) is 7.13. The molecule has 0 atom stereocenters. The van der Waals surface area contributed by atoms with E-state index in [-0.39, 0.29) is 24.7 Å². The number of nitriles is 1. The van der Waals surface area contributed by atoms with Crippen LogP contribution in [-0.4, -0.2) is 30.8 Å². The number of carbonyl (C=O) groups excluding carboxylic acids is 1. The predicted molar refractivity (Wildman–Crippen MR) is 97.1 cm³/mol. The van der Waals surface area contributed by atoms with Gasteiger partial charge in [0.05, 0.1) is 12.8 Å². The molecule has 0 aromatic carbocycles. The molecule has 2 aromatic heterocycles. The van der Waals surface area contributed by atoms with Crippen LogP contribution in [0.15, 0.2) is 27.7 Å². The van der Waals surface area contributed by atoms with Gasteiger partial charge in [-0.15, -0.1) is 0 Å². The lowest BCUT2D eigenvalue weighted by atomic mass is 10.1. The average Bonchev–Trinajstić information content (AvgIpc) is 2.98. The van der Waals surface area contributed by atoms with Gasteiger partial charge in [-0.1, -0.05) is 0 Å². The molecule has 0 spiro atoms. The number of nitrogens with zero attached hydrogens (tertiary/aromatic N) is 3. The number of pyridine rings is 1. The van der Waals surface area contributed by atoms with Crippen molar-refractivity contribution in [2.24, 2.45) is 5.10 Å². The third kappa shape index (κ3) is 5.54. The van der Waals surface area contributed by atoms with Crippen LogP contribution >= 0.6 is 22.6 Å². The highest BCUT2D eigenvalue weighted by Crippen LogP contribution is 2.21. The van der Waals surface area contributed by atoms with Gasteiger partial charge in [0.25, 0.3) is 5.91 Å². The number of aryl methyl sites for hydroxylation is 1. The van der Waals surface area contributed by atoms with Crippen molar-refractivity contribution in [3.63, 3.8) is 0 Å². The number of halogens is 1. The predicted octanol–water partition coefficient (Wildman–Crippen LogP) is 2.13. The molecule has 2 rings (SSSR count). The van der Waals surface area contributed by atoms with Gasteiger partial charge in [0, 0.05) is 18.4 Å². The van der Waals surface area contributed by atoms with Crippen LogP contribution in [0.3, 0.4) is 0 Å². The number of aromatic nitrogens is 1. The Bertz CT molecular complexity index is 826. The zero-order valence-electron chi connectivity index (χ0n) is 13.6. The summed E-state index contributed by atoms with van der Waals surface area (Å²) in [5.74, 6) is 0.120. The third-order valence-corrected chi connectivity index (χ3v) is 3.50. The monoisotopic (exact) mass is 454 g/mol. The van der Waals surface area contributed by atoms with Gasteiger partial charge < -0.3 is 13.9 Å². The van der Waals surface area contributed by atoms with E-state index in [1.165, 1.54) is 13.3 Å². The highest BCUT2D eigenvalue weighted by Gasteiger charge is 2.14. The molecular weight excluding hydrogens is 439 g/mol. The highest BCUT2D eigenvalue weighted by molar-refractivity contribution is 14.1. The summed E-state index contributed by atoms with van der Waals surface area (Å²) in [6.45, 7) is 1.69. The van der Waals surface area contributed by atoms with Crippen molar-refractivity contribution in [1.29, 1.82) is 5.26 Å². The minimum absolute atomic E-state index is 0.0919. The van der Waals surface area contributed by atoms with Gasteiger partial charge in [-0.2, -0.15) is 10.4 Å². The summed E-state index contributed by atoms with van der Waals surface area (Å²) in [6.07, 6.45) is 1.38. The molecule has 0 saturated heterocycles. The summed E-state index contributed by atoms with van der Waals surface area (Å²) < 4.78 is 16.4. The number of amides is 1. The number of furan rings is 1. The summed E-state index contributed by atoms with van der Waals surface area (Å²) in [7, 11) is 1.53. The van der Waals surface area contributed by atoms with Crippen molar-refractivity contribution in [3.05, 3.63) is 44.5 Å². The molecule has 0 unspecified atom stereocenters. The fourth-order valence-electron chi connectivity index (χ4n) is 1.94. The average molecular weight is 454 g/mol. The lowest BCUT2D eigenvalue weighted by Gasteiger charge is -2.10. The molecule has 0 fully saturated rings. The van der Waals surface area contributed by atoms with Crippen LogP contribution in [0.5, 0.6) is 5.88 Å². The van der Waals surface area contributed by atoms with Gasteiger partial charge in [0.2, 0.25) is 5.88 Å². The van der Waals surface area contributed by atoms with E-state index < -0.39 is 5.91 Å². The molecule has 0 aliphatic carbocycles. The molecule has 9 heteroatoms. The van der Waals surface area contributed by atoms with Gasteiger partial charge >= 0.3 is 0 Å². The number of hydrazone groups is 1. The minimum atomic E-state index is -0.488. The minimum Gasteiger partial charge on any atom is -0.467 e. The second kappa shape index (κ2) is 9.14. The van der Waals surface area contributed by atoms with Crippen molar-refractivity contribution < 1.29 is 18.7 Å². The molecule has 8 nitrogen and oxygen atoms in total. The van der Waals surface area contributed by atoms with E-state index in [0.29, 0.717) is 17.0 Å². The summed E-state index contributed by atoms with van der Waals surface area (Å²) in [4.78, 5) is 15.9. The number of ether oxygens (including phenoxy) is 2. The van der Waals surface area contributed by atoms with Crippen LogP contribution in [0.2, 0.25) is 0 Å². The lowest BCUT2D eigenvalue weighted by Crippen LogP contribution is -2.25. The number of methoxy groups -OCH3 is 1. The molecule has 0 bridgehead atoms. The second-order valence-electron chi connectivity index (χ2n) is 4.87. The maximum absolute atomic E-state index is 11.8. The Labute approximate surface area is 158 Å². The fourth-order valence-corrected chi connectivity index (χ4v) is 2.37. The molecule has 0 aliphatic rings. The molecule has 1 N–H and O–H groups in total. The Morgan fingerprint density at radius 1 is 1.56 bits per heavy atom. The van der Waals surface area contributed by atoms with Crippen molar-refractivity contribution in [3.8, 4) is 11.9 Å². The largest absolute Gasteiger partial charge is 0.467 e. The molecule has 25 heavy (non-hydrogen) atoms. The van der Waals surface area contributed by atoms with Crippen LogP contribution in [-0.2, 0) is 16.1 Å². The highest BCUT2D eigenvalue weighted by atomic mass is 127. The lowest BCUT2D eigenvalue weighted by molar-refractivity contribution is -0.123. The van der Waals surface area contributed by atoms with Crippen molar-refractivity contribution in [2.75, 3.05) is 13.7 Å². The molecular formula is C16H15IN4O4. The van der Waals surface area contributed by atoms with Crippen molar-refractivity contribution in [1.82, 2.24) is 10.4 Å². The quantitative estimate of drug-likeness (QED) is 0.390. The van der Waals surface area contributed by atoms with Crippen LogP contribution in [0.4, 0.5) is 0 Å². The van der Waals surface area contributed by atoms with Crippen LogP contribution < -0.4 is 10.2 Å². The number of carbonyl (C=O) groups is 1. The normalized spacial score (nSPS) is 10.6. The standard InChI is InChI=1S/C16H15IN4O4/c1-10-5-11(8-23-2)13(6-18)16(20-10)24-9-15(22)21-19-7-12-3-4-14(17)25-12/h3-5,7H,8-9H2,1-2H3,(H,21,22)/b19-7-. The molecule has 2 heterocycles. The third-order valence-electron chi connectivity index (χ3n) is 2.92. The molecule has 1 amide bonds. The molecule has 2 aromatic rings. The summed E-state index contributed by atoms with van der Waals surface area (Å²) in [5.41, 5.74) is 3.86. The Morgan fingerprint density at radius 2 is 2.36 bits per heavy atom. The van der Waals surface area contributed by atoms with E-state index in [0.717, 1.165) is 3.77 Å². The summed E-state index contributed by atoms with van der Waals surface area (Å²) in [6, 6.07) is 7.26. The van der Waals surface area contributed by atoms with Gasteiger partial charge in [-0.3, -0.25) is 4.79 Å². The molecule has 0 aliphatic heterocycles. The molecule has 130 valence electrons. The first-order valence-corrected chi connectivity index (χ1v) is 8.21. The Kier molecular flexibility index (Phi) is 6.91. The van der Waals surface area contributed by atoms with E-state index in [1.54, 1.807) is 25.1 Å². The van der Waals surface area contributed by atoms with Crippen LogP contribution in [0.25, 0.3) is 0 Å². The summed E-state index contributed by atoms with van der Waals surface area (Å²) in [5, 5.41) is 13.1. The van der Waals surface area contributed by atoms with E-state index in [9.17, 15) is 10.1 Å². The topological polar surface area (TPSA) is 110 Å². The maximum atomic E-state index is 11.8. The number of rotatable bonds is 7. The summed E-state index contributed by atoms with van der Waals surface area (Å²) >= 11 is 2.03. The molecule has 0 saturated carbocycles. The number of hydrogen-bond donors (Lipinski definition) is 1. The molecule has 0 radical (unpaired) electrons. The first kappa shape index (κ1) is 18.9. The number of hydrogen-bond acceptors (Lipinski definition) is 7. The number of nitrogens with one attached hydrogen (secondary N) is 1. The van der Waals surface area contributed by atoms with E-state index >= 15 is 0 Å². The van der Waals surface area contributed by atoms with E-state index in [1.807, 2.05) is 28.7 Å². The van der Waals surface area contributed by atoms with Crippen LogP contribution in [0, 0.1) is 22.0 Å². The SMILES string of the molecule is COCc1cc(C)nc(OCC(=O)N/N=C\c2ccc(I)o2)c1C#N. The maximum Gasteiger partial charge on any atom is 0.278 e. The van der Waals surface area contributed by atoms with Gasteiger partial charge in [-0.05, 0) is 47.7 Å². The van der Waals surface area contributed by atoms with Crippen molar-refractivity contribution in [2.45, 2.75) is 13.5 Å². The fraction of sp³-hybridized carbons (Fsp3) is 0.250. The Balaban J connectivity index is 1.97. The Morgan fingerprint density at radius 3 is 3.00 bits per heavy atom. The van der Waals surface area contributed by atoms with Gasteiger partial charge in [-0.25, -0.2) is 10.4 Å². The van der Waals surface area contributed by atoms with Crippen LogP contribution in [0.1, 0.15) is 22.6 Å². The van der Waals surface area contributed by atoms with E-state index in [4.69, 9.17) is 13.9 Å². The van der Waals surface area contributed by atoms with Gasteiger partial charge in [0.1, 0.15) is 17.4 Å². The zero-order chi connectivity index (χ0) is 18.2. The smallest absolute Gasteiger partial charge is 0.278 e. The van der Waals surface area contributed by atoms with E-state index in [2.05, 4.69) is 15.5 Å². The zero-order valence-corrected chi connectivity index (χ0v) is 15.7.